The number of Topliss-reactive ketones (excluding diaryl/α,β-unsaturated/α-hetero) is 1. The predicted octanol–water partition coefficient (Wildman–Crippen LogP) is 3.76. The van der Waals surface area contributed by atoms with E-state index in [0.717, 1.165) is 25.7 Å². The van der Waals surface area contributed by atoms with Gasteiger partial charge >= 0.3 is 5.97 Å². The highest BCUT2D eigenvalue weighted by Gasteiger charge is 2.55. The first-order chi connectivity index (χ1) is 15.2. The van der Waals surface area contributed by atoms with E-state index in [4.69, 9.17) is 14.2 Å². The van der Waals surface area contributed by atoms with Crippen LogP contribution in [0.3, 0.4) is 0 Å². The normalized spacial score (nSPS) is 29.3. The summed E-state index contributed by atoms with van der Waals surface area (Å²) in [4.78, 5) is 38.8. The molecule has 5 atom stereocenters. The second-order valence-corrected chi connectivity index (χ2v) is 9.33. The molecule has 0 aromatic heterocycles. The fraction of sp³-hybridized carbons (Fsp3) is 0.800. The fourth-order valence-electron chi connectivity index (χ4n) is 4.55. The lowest BCUT2D eigenvalue weighted by Gasteiger charge is -2.24. The highest BCUT2D eigenvalue weighted by atomic mass is 16.7. The van der Waals surface area contributed by atoms with Gasteiger partial charge in [0.05, 0.1) is 24.0 Å². The molecule has 0 aromatic rings. The van der Waals surface area contributed by atoms with Crippen molar-refractivity contribution < 1.29 is 28.6 Å². The van der Waals surface area contributed by atoms with Crippen LogP contribution in [0, 0.1) is 23.2 Å². The van der Waals surface area contributed by atoms with Gasteiger partial charge in [-0.3, -0.25) is 14.4 Å². The molecule has 0 aliphatic heterocycles. The van der Waals surface area contributed by atoms with Gasteiger partial charge in [-0.25, -0.2) is 0 Å². The van der Waals surface area contributed by atoms with E-state index in [1.165, 1.54) is 0 Å². The van der Waals surface area contributed by atoms with Crippen molar-refractivity contribution in [2.45, 2.75) is 72.3 Å². The van der Waals surface area contributed by atoms with Crippen LogP contribution in [0.2, 0.25) is 0 Å². The molecule has 0 aromatic carbocycles. The summed E-state index contributed by atoms with van der Waals surface area (Å²) in [6, 6.07) is 0. The third-order valence-electron chi connectivity index (χ3n) is 6.85. The smallest absolute Gasteiger partial charge is 0.312 e. The standard InChI is InChI=1S/C25H41NO6/c1-6-30-17-32-20-14-21(18(3)27)22(15-20)23(28)26(5)13-11-9-8-10-12-19-16-25(19,4)24(29)31-7-2/h10,12,19-22H,6-9,11,13-17H2,1-5H3/b12-10-/t19-,20-,21+,22-,25+/m1/s1. The third kappa shape index (κ3) is 7.14. The van der Waals surface area contributed by atoms with Gasteiger partial charge in [0.2, 0.25) is 5.91 Å². The van der Waals surface area contributed by atoms with E-state index in [1.807, 2.05) is 27.8 Å². The van der Waals surface area contributed by atoms with Gasteiger partial charge < -0.3 is 19.1 Å². The summed E-state index contributed by atoms with van der Waals surface area (Å²) < 4.78 is 16.1. The van der Waals surface area contributed by atoms with E-state index in [9.17, 15) is 14.4 Å². The molecule has 2 aliphatic carbocycles. The van der Waals surface area contributed by atoms with Gasteiger partial charge in [-0.1, -0.05) is 12.2 Å². The van der Waals surface area contributed by atoms with Crippen LogP contribution in [0.4, 0.5) is 0 Å². The molecule has 1 amide bonds. The van der Waals surface area contributed by atoms with Gasteiger partial charge in [0.15, 0.2) is 0 Å². The van der Waals surface area contributed by atoms with Crippen LogP contribution in [0.5, 0.6) is 0 Å². The van der Waals surface area contributed by atoms with Crippen molar-refractivity contribution in [2.75, 3.05) is 33.6 Å². The average Bonchev–Trinajstić information content (AvgIpc) is 3.23. The molecule has 182 valence electrons. The van der Waals surface area contributed by atoms with Gasteiger partial charge in [0.1, 0.15) is 12.6 Å². The summed E-state index contributed by atoms with van der Waals surface area (Å²) in [6.45, 7) is 9.13. The molecule has 2 rings (SSSR count). The van der Waals surface area contributed by atoms with Crippen molar-refractivity contribution in [3.63, 3.8) is 0 Å². The van der Waals surface area contributed by atoms with Crippen molar-refractivity contribution in [1.29, 1.82) is 0 Å². The Labute approximate surface area is 192 Å². The van der Waals surface area contributed by atoms with Crippen molar-refractivity contribution in [1.82, 2.24) is 4.90 Å². The van der Waals surface area contributed by atoms with Crippen LogP contribution < -0.4 is 0 Å². The van der Waals surface area contributed by atoms with E-state index in [0.29, 0.717) is 32.6 Å². The minimum atomic E-state index is -0.349. The predicted molar refractivity (Wildman–Crippen MR) is 122 cm³/mol. The molecule has 2 aliphatic rings. The molecule has 0 N–H and O–H groups in total. The number of nitrogens with zero attached hydrogens (tertiary/aromatic N) is 1. The SMILES string of the molecule is CCOCO[C@@H]1C[C@@H](C(C)=O)[C@H](C(=O)N(C)CCCC/C=C\[C@@H]2C[C@]2(C)C(=O)OCC)C1. The average molecular weight is 452 g/mol. The summed E-state index contributed by atoms with van der Waals surface area (Å²) in [5.74, 6) is -0.317. The second-order valence-electron chi connectivity index (χ2n) is 9.33. The Kier molecular flexibility index (Phi) is 10.4. The molecule has 0 bridgehead atoms. The first-order valence-electron chi connectivity index (χ1n) is 12.0. The number of hydrogen-bond acceptors (Lipinski definition) is 6. The molecule has 2 saturated carbocycles. The Bertz CT molecular complexity index is 677. The number of hydrogen-bond donors (Lipinski definition) is 0. The largest absolute Gasteiger partial charge is 0.466 e. The Balaban J connectivity index is 1.70. The number of rotatable bonds is 14. The number of unbranched alkanes of at least 4 members (excludes halogenated alkanes) is 2. The fourth-order valence-corrected chi connectivity index (χ4v) is 4.55. The van der Waals surface area contributed by atoms with E-state index in [2.05, 4.69) is 12.2 Å². The molecule has 2 fully saturated rings. The van der Waals surface area contributed by atoms with Crippen molar-refractivity contribution in [3.05, 3.63) is 12.2 Å². The number of carbonyl (C=O) groups excluding carboxylic acids is 3. The van der Waals surface area contributed by atoms with Crippen molar-refractivity contribution in [3.8, 4) is 0 Å². The number of ether oxygens (including phenoxy) is 3. The lowest BCUT2D eigenvalue weighted by atomic mass is 9.91. The monoisotopic (exact) mass is 451 g/mol. The van der Waals surface area contributed by atoms with Gasteiger partial charge in [-0.2, -0.15) is 0 Å². The number of amides is 1. The van der Waals surface area contributed by atoms with E-state index in [1.54, 1.807) is 11.8 Å². The van der Waals surface area contributed by atoms with Gasteiger partial charge in [0, 0.05) is 26.1 Å². The molecule has 7 heteroatoms. The molecule has 7 nitrogen and oxygen atoms in total. The van der Waals surface area contributed by atoms with Gasteiger partial charge in [-0.05, 0) is 72.1 Å². The lowest BCUT2D eigenvalue weighted by molar-refractivity contribution is -0.149. The topological polar surface area (TPSA) is 82.1 Å². The zero-order chi connectivity index (χ0) is 23.7. The number of ketones is 1. The molecule has 0 saturated heterocycles. The van der Waals surface area contributed by atoms with Crippen LogP contribution >= 0.6 is 0 Å². The first kappa shape index (κ1) is 26.5. The molecular weight excluding hydrogens is 410 g/mol. The summed E-state index contributed by atoms with van der Waals surface area (Å²) in [5.41, 5.74) is -0.349. The molecule has 0 unspecified atom stereocenters. The van der Waals surface area contributed by atoms with Crippen LogP contribution in [-0.4, -0.2) is 62.3 Å². The van der Waals surface area contributed by atoms with E-state index in [-0.39, 0.29) is 53.7 Å². The minimum absolute atomic E-state index is 0.0337. The maximum Gasteiger partial charge on any atom is 0.312 e. The Morgan fingerprint density at radius 1 is 1.09 bits per heavy atom. The lowest BCUT2D eigenvalue weighted by Crippen LogP contribution is -2.37. The zero-order valence-electron chi connectivity index (χ0n) is 20.4. The molecule has 0 heterocycles. The number of allylic oxidation sites excluding steroid dienone is 2. The van der Waals surface area contributed by atoms with Crippen LogP contribution in [0.1, 0.15) is 66.2 Å². The van der Waals surface area contributed by atoms with Gasteiger partial charge in [0.25, 0.3) is 0 Å². The number of carbonyl (C=O) groups is 3. The quantitative estimate of drug-likeness (QED) is 0.173. The van der Waals surface area contributed by atoms with E-state index < -0.39 is 0 Å². The molecular formula is C25H41NO6. The zero-order valence-corrected chi connectivity index (χ0v) is 20.4. The van der Waals surface area contributed by atoms with Crippen LogP contribution in [0.15, 0.2) is 12.2 Å². The van der Waals surface area contributed by atoms with Crippen LogP contribution in [-0.2, 0) is 28.6 Å². The summed E-state index contributed by atoms with van der Waals surface area (Å²) in [5, 5.41) is 0. The summed E-state index contributed by atoms with van der Waals surface area (Å²) in [6.07, 6.45) is 8.96. The Hall–Kier alpha value is -1.73. The van der Waals surface area contributed by atoms with Gasteiger partial charge in [-0.15, -0.1) is 0 Å². The van der Waals surface area contributed by atoms with Crippen molar-refractivity contribution in [2.24, 2.45) is 23.2 Å². The second kappa shape index (κ2) is 12.5. The molecule has 32 heavy (non-hydrogen) atoms. The number of esters is 1. The maximum atomic E-state index is 13.0. The highest BCUT2D eigenvalue weighted by Crippen LogP contribution is 2.54. The highest BCUT2D eigenvalue weighted by molar-refractivity contribution is 5.88. The summed E-state index contributed by atoms with van der Waals surface area (Å²) >= 11 is 0. The first-order valence-corrected chi connectivity index (χ1v) is 12.0. The maximum absolute atomic E-state index is 13.0. The Morgan fingerprint density at radius 3 is 2.47 bits per heavy atom. The van der Waals surface area contributed by atoms with Crippen molar-refractivity contribution >= 4 is 17.7 Å². The third-order valence-corrected chi connectivity index (χ3v) is 6.85. The van der Waals surface area contributed by atoms with Crippen LogP contribution in [0.25, 0.3) is 0 Å². The molecule has 0 radical (unpaired) electrons. The Morgan fingerprint density at radius 2 is 1.81 bits per heavy atom. The summed E-state index contributed by atoms with van der Waals surface area (Å²) in [7, 11) is 1.82. The minimum Gasteiger partial charge on any atom is -0.466 e. The molecule has 0 spiro atoms. The van der Waals surface area contributed by atoms with E-state index >= 15 is 0 Å².